The first-order chi connectivity index (χ1) is 12.9. The Balaban J connectivity index is 1.76. The smallest absolute Gasteiger partial charge is 0.279 e. The van der Waals surface area contributed by atoms with Crippen LogP contribution in [0.5, 0.6) is 0 Å². The maximum atomic E-state index is 12.3. The summed E-state index contributed by atoms with van der Waals surface area (Å²) in [7, 11) is 0. The van der Waals surface area contributed by atoms with Crippen LogP contribution in [0.25, 0.3) is 10.9 Å². The molecule has 1 heterocycles. The number of carbonyl (C=O) groups is 1. The highest BCUT2D eigenvalue weighted by molar-refractivity contribution is 5.96. The van der Waals surface area contributed by atoms with Gasteiger partial charge in [0.25, 0.3) is 17.3 Å². The first-order valence-electron chi connectivity index (χ1n) is 8.14. The lowest BCUT2D eigenvalue weighted by atomic mass is 10.1. The summed E-state index contributed by atoms with van der Waals surface area (Å²) in [6.45, 7) is 2.05. The number of nitrogens with zero attached hydrogens (tertiary/aromatic N) is 3. The van der Waals surface area contributed by atoms with E-state index in [-0.39, 0.29) is 17.7 Å². The molecule has 0 fully saturated rings. The average molecular weight is 368 g/mol. The lowest BCUT2D eigenvalue weighted by molar-refractivity contribution is -0.395. The van der Waals surface area contributed by atoms with Gasteiger partial charge in [0, 0.05) is 36.9 Å². The largest absolute Gasteiger partial charge is 0.350 e. The third kappa shape index (κ3) is 3.61. The van der Waals surface area contributed by atoms with Crippen LogP contribution in [0.1, 0.15) is 15.9 Å². The molecule has 1 amide bonds. The second-order valence-corrected chi connectivity index (χ2v) is 5.98. The van der Waals surface area contributed by atoms with E-state index < -0.39 is 27.1 Å². The van der Waals surface area contributed by atoms with Gasteiger partial charge in [-0.2, -0.15) is 0 Å². The quantitative estimate of drug-likeness (QED) is 0.529. The number of fused-ring (bicyclic) bond motifs is 1. The molecule has 27 heavy (non-hydrogen) atoms. The van der Waals surface area contributed by atoms with Crippen LogP contribution in [-0.4, -0.2) is 26.9 Å². The third-order valence-electron chi connectivity index (χ3n) is 4.33. The molecule has 0 saturated carbocycles. The Morgan fingerprint density at radius 1 is 1.07 bits per heavy atom. The van der Waals surface area contributed by atoms with Crippen molar-refractivity contribution in [2.24, 2.45) is 0 Å². The minimum atomic E-state index is -0.731. The normalized spacial score (nSPS) is 10.7. The monoisotopic (exact) mass is 368 g/mol. The second kappa shape index (κ2) is 7.24. The van der Waals surface area contributed by atoms with Crippen LogP contribution in [0.3, 0.4) is 0 Å². The fourth-order valence-electron chi connectivity index (χ4n) is 2.92. The molecule has 0 bridgehead atoms. The third-order valence-corrected chi connectivity index (χ3v) is 4.33. The summed E-state index contributed by atoms with van der Waals surface area (Å²) in [5, 5.41) is 26.0. The Hall–Kier alpha value is -3.75. The zero-order valence-corrected chi connectivity index (χ0v) is 14.4. The van der Waals surface area contributed by atoms with E-state index in [2.05, 4.69) is 5.32 Å². The fraction of sp³-hybridized carbons (Fsp3) is 0.167. The molecule has 3 aromatic rings. The van der Waals surface area contributed by atoms with E-state index in [0.29, 0.717) is 6.54 Å². The van der Waals surface area contributed by atoms with Gasteiger partial charge in [0.2, 0.25) is 0 Å². The summed E-state index contributed by atoms with van der Waals surface area (Å²) >= 11 is 0. The zero-order chi connectivity index (χ0) is 19.6. The van der Waals surface area contributed by atoms with Crippen molar-refractivity contribution >= 4 is 28.2 Å². The number of hydrogen-bond acceptors (Lipinski definition) is 5. The summed E-state index contributed by atoms with van der Waals surface area (Å²) in [6.07, 6.45) is 1.90. The van der Waals surface area contributed by atoms with Crippen LogP contribution in [0.4, 0.5) is 11.4 Å². The van der Waals surface area contributed by atoms with Crippen LogP contribution < -0.4 is 5.32 Å². The highest BCUT2D eigenvalue weighted by atomic mass is 16.6. The number of benzene rings is 2. The Labute approximate surface area is 153 Å². The van der Waals surface area contributed by atoms with Gasteiger partial charge in [-0.1, -0.05) is 18.2 Å². The number of carbonyl (C=O) groups excluding carboxylic acids is 1. The predicted molar refractivity (Wildman–Crippen MR) is 98.8 cm³/mol. The Kier molecular flexibility index (Phi) is 4.84. The number of amides is 1. The highest BCUT2D eigenvalue weighted by Crippen LogP contribution is 2.29. The van der Waals surface area contributed by atoms with Gasteiger partial charge in [0.15, 0.2) is 0 Å². The Morgan fingerprint density at radius 2 is 1.70 bits per heavy atom. The van der Waals surface area contributed by atoms with E-state index in [1.165, 1.54) is 6.92 Å². The maximum absolute atomic E-state index is 12.3. The molecule has 0 aliphatic heterocycles. The van der Waals surface area contributed by atoms with Crippen molar-refractivity contribution < 1.29 is 14.6 Å². The standard InChI is InChI=1S/C18H16N4O5/c1-12-16(21(24)25)10-14(11-17(12)22(26)27)18(23)19-7-9-20-8-6-13-4-2-3-5-15(13)20/h2-6,8,10-11H,7,9H2,1H3,(H,19,23). The van der Waals surface area contributed by atoms with Gasteiger partial charge in [0.05, 0.1) is 15.4 Å². The van der Waals surface area contributed by atoms with Crippen molar-refractivity contribution in [3.63, 3.8) is 0 Å². The first kappa shape index (κ1) is 18.1. The van der Waals surface area contributed by atoms with Gasteiger partial charge < -0.3 is 9.88 Å². The summed E-state index contributed by atoms with van der Waals surface area (Å²) in [4.78, 5) is 33.1. The molecule has 0 aliphatic rings. The van der Waals surface area contributed by atoms with Gasteiger partial charge >= 0.3 is 0 Å². The number of aromatic nitrogens is 1. The Morgan fingerprint density at radius 3 is 2.33 bits per heavy atom. The molecular weight excluding hydrogens is 352 g/mol. The van der Waals surface area contributed by atoms with Crippen molar-refractivity contribution in [2.75, 3.05) is 6.54 Å². The minimum Gasteiger partial charge on any atom is -0.350 e. The van der Waals surface area contributed by atoms with Crippen molar-refractivity contribution in [3.05, 3.63) is 80.0 Å². The number of nitrogens with one attached hydrogen (secondary N) is 1. The van der Waals surface area contributed by atoms with E-state index in [0.717, 1.165) is 23.0 Å². The van der Waals surface area contributed by atoms with E-state index in [1.807, 2.05) is 41.1 Å². The SMILES string of the molecule is Cc1c([N+](=O)[O-])cc(C(=O)NCCn2ccc3ccccc32)cc1[N+](=O)[O-]. The summed E-state index contributed by atoms with van der Waals surface area (Å²) in [6, 6.07) is 11.9. The molecule has 138 valence electrons. The van der Waals surface area contributed by atoms with Gasteiger partial charge in [-0.25, -0.2) is 0 Å². The molecular formula is C18H16N4O5. The van der Waals surface area contributed by atoms with E-state index in [1.54, 1.807) is 0 Å². The van der Waals surface area contributed by atoms with Crippen LogP contribution >= 0.6 is 0 Å². The number of hydrogen-bond donors (Lipinski definition) is 1. The number of nitro groups is 2. The van der Waals surface area contributed by atoms with Gasteiger partial charge in [-0.05, 0) is 24.4 Å². The predicted octanol–water partition coefficient (Wildman–Crippen LogP) is 3.20. The molecule has 9 heteroatoms. The summed E-state index contributed by atoms with van der Waals surface area (Å²) in [5.41, 5.74) is -0.0819. The molecule has 0 unspecified atom stereocenters. The molecule has 1 N–H and O–H groups in total. The molecule has 9 nitrogen and oxygen atoms in total. The number of rotatable bonds is 6. The lowest BCUT2D eigenvalue weighted by Gasteiger charge is -2.08. The molecule has 0 spiro atoms. The summed E-state index contributed by atoms with van der Waals surface area (Å²) in [5.74, 6) is -0.599. The van der Waals surface area contributed by atoms with Gasteiger partial charge in [-0.3, -0.25) is 25.0 Å². The van der Waals surface area contributed by atoms with Crippen molar-refractivity contribution in [3.8, 4) is 0 Å². The van der Waals surface area contributed by atoms with Crippen molar-refractivity contribution in [2.45, 2.75) is 13.5 Å². The fourth-order valence-corrected chi connectivity index (χ4v) is 2.92. The van der Waals surface area contributed by atoms with E-state index >= 15 is 0 Å². The van der Waals surface area contributed by atoms with Crippen molar-refractivity contribution in [1.82, 2.24) is 9.88 Å². The topological polar surface area (TPSA) is 120 Å². The van der Waals surface area contributed by atoms with E-state index in [4.69, 9.17) is 0 Å². The highest BCUT2D eigenvalue weighted by Gasteiger charge is 2.25. The van der Waals surface area contributed by atoms with Crippen LogP contribution in [-0.2, 0) is 6.54 Å². The van der Waals surface area contributed by atoms with Gasteiger partial charge in [-0.15, -0.1) is 0 Å². The minimum absolute atomic E-state index is 0.0830. The first-order valence-corrected chi connectivity index (χ1v) is 8.14. The molecule has 1 aromatic heterocycles. The molecule has 2 aromatic carbocycles. The summed E-state index contributed by atoms with van der Waals surface area (Å²) < 4.78 is 1.97. The van der Waals surface area contributed by atoms with Crippen LogP contribution in [0.15, 0.2) is 48.7 Å². The second-order valence-electron chi connectivity index (χ2n) is 5.98. The van der Waals surface area contributed by atoms with Crippen LogP contribution in [0, 0.1) is 27.2 Å². The molecule has 0 atom stereocenters. The molecule has 3 rings (SSSR count). The number of nitro benzene ring substituents is 2. The van der Waals surface area contributed by atoms with Gasteiger partial charge in [0.1, 0.15) is 5.56 Å². The number of para-hydroxylation sites is 1. The molecule has 0 radical (unpaired) electrons. The molecule has 0 aliphatic carbocycles. The van der Waals surface area contributed by atoms with E-state index in [9.17, 15) is 25.0 Å². The zero-order valence-electron chi connectivity index (χ0n) is 14.4. The van der Waals surface area contributed by atoms with Crippen molar-refractivity contribution in [1.29, 1.82) is 0 Å². The Bertz CT molecular complexity index is 1020. The average Bonchev–Trinajstić information content (AvgIpc) is 3.04. The maximum Gasteiger partial charge on any atom is 0.279 e. The van der Waals surface area contributed by atoms with Crippen LogP contribution in [0.2, 0.25) is 0 Å². The molecule has 0 saturated heterocycles. The lowest BCUT2D eigenvalue weighted by Crippen LogP contribution is -2.27.